The van der Waals surface area contributed by atoms with Gasteiger partial charge in [-0.2, -0.15) is 0 Å². The minimum atomic E-state index is -0.456. The summed E-state index contributed by atoms with van der Waals surface area (Å²) in [6.07, 6.45) is 3.22. The molecule has 2 aromatic carbocycles. The summed E-state index contributed by atoms with van der Waals surface area (Å²) >= 11 is 0. The lowest BCUT2D eigenvalue weighted by atomic mass is 10.1. The molecule has 4 rings (SSSR count). The molecule has 0 aliphatic carbocycles. The summed E-state index contributed by atoms with van der Waals surface area (Å²) in [5.74, 6) is -0.0259. The number of cyclic esters (lactones) is 1. The fraction of sp³-hybridized carbons (Fsp3) is 0.190. The van der Waals surface area contributed by atoms with Gasteiger partial charge in [-0.25, -0.2) is 9.79 Å². The Bertz CT molecular complexity index is 942. The molecule has 0 atom stereocenters. The summed E-state index contributed by atoms with van der Waals surface area (Å²) in [4.78, 5) is 30.1. The average Bonchev–Trinajstić information content (AvgIpc) is 3.23. The third kappa shape index (κ3) is 3.04. The number of aliphatic imine (C=N–C) groups is 1. The van der Waals surface area contributed by atoms with Gasteiger partial charge < -0.3 is 9.64 Å². The van der Waals surface area contributed by atoms with Gasteiger partial charge in [-0.15, -0.1) is 0 Å². The van der Waals surface area contributed by atoms with Crippen LogP contribution >= 0.6 is 0 Å². The van der Waals surface area contributed by atoms with Crippen molar-refractivity contribution in [3.63, 3.8) is 0 Å². The molecule has 0 radical (unpaired) electrons. The number of ether oxygens (including phenoxy) is 1. The van der Waals surface area contributed by atoms with Crippen LogP contribution in [-0.2, 0) is 14.3 Å². The Morgan fingerprint density at radius 1 is 1.08 bits per heavy atom. The highest BCUT2D eigenvalue weighted by Gasteiger charge is 2.25. The molecular formula is C21H18N2O3. The zero-order valence-corrected chi connectivity index (χ0v) is 14.4. The number of benzene rings is 2. The van der Waals surface area contributed by atoms with E-state index in [1.165, 1.54) is 0 Å². The molecule has 2 aliphatic heterocycles. The quantitative estimate of drug-likeness (QED) is 0.632. The van der Waals surface area contributed by atoms with Crippen molar-refractivity contribution in [2.75, 3.05) is 11.4 Å². The highest BCUT2D eigenvalue weighted by Crippen LogP contribution is 2.24. The lowest BCUT2D eigenvalue weighted by molar-refractivity contribution is -0.130. The molecule has 130 valence electrons. The number of nitrogens with zero attached hydrogens (tertiary/aromatic N) is 2. The van der Waals surface area contributed by atoms with Crippen LogP contribution in [0, 0.1) is 6.92 Å². The van der Waals surface area contributed by atoms with Crippen molar-refractivity contribution in [1.29, 1.82) is 0 Å². The van der Waals surface area contributed by atoms with E-state index < -0.39 is 5.97 Å². The van der Waals surface area contributed by atoms with Crippen LogP contribution in [-0.4, -0.2) is 24.3 Å². The van der Waals surface area contributed by atoms with Crippen LogP contribution in [0.2, 0.25) is 0 Å². The third-order valence-corrected chi connectivity index (χ3v) is 4.60. The van der Waals surface area contributed by atoms with Gasteiger partial charge >= 0.3 is 5.97 Å². The molecule has 26 heavy (non-hydrogen) atoms. The number of anilines is 1. The first-order chi connectivity index (χ1) is 12.6. The van der Waals surface area contributed by atoms with Crippen molar-refractivity contribution in [1.82, 2.24) is 0 Å². The minimum Gasteiger partial charge on any atom is -0.402 e. The van der Waals surface area contributed by atoms with Gasteiger partial charge in [0.1, 0.15) is 0 Å². The maximum atomic E-state index is 12.1. The highest BCUT2D eigenvalue weighted by molar-refractivity contribution is 6.13. The van der Waals surface area contributed by atoms with Crippen LogP contribution < -0.4 is 4.90 Å². The number of carbonyl (C=O) groups excluding carboxylic acids is 2. The zero-order valence-electron chi connectivity index (χ0n) is 14.4. The summed E-state index contributed by atoms with van der Waals surface area (Å²) in [6, 6.07) is 15.2. The molecule has 1 fully saturated rings. The summed E-state index contributed by atoms with van der Waals surface area (Å²) in [7, 11) is 0. The second-order valence-electron chi connectivity index (χ2n) is 6.39. The van der Waals surface area contributed by atoms with Crippen molar-refractivity contribution < 1.29 is 14.3 Å². The first-order valence-electron chi connectivity index (χ1n) is 8.61. The molecule has 1 amide bonds. The highest BCUT2D eigenvalue weighted by atomic mass is 16.6. The summed E-state index contributed by atoms with van der Waals surface area (Å²) in [6.45, 7) is 2.73. The molecule has 0 aromatic heterocycles. The van der Waals surface area contributed by atoms with Crippen LogP contribution in [0.25, 0.3) is 6.08 Å². The molecule has 2 aromatic rings. The van der Waals surface area contributed by atoms with Gasteiger partial charge in [0.2, 0.25) is 11.8 Å². The molecule has 5 nitrogen and oxygen atoms in total. The van der Waals surface area contributed by atoms with E-state index in [1.54, 1.807) is 11.0 Å². The molecule has 0 unspecified atom stereocenters. The van der Waals surface area contributed by atoms with E-state index in [-0.39, 0.29) is 17.5 Å². The van der Waals surface area contributed by atoms with Crippen molar-refractivity contribution in [3.05, 3.63) is 70.9 Å². The molecule has 2 aliphatic rings. The van der Waals surface area contributed by atoms with Gasteiger partial charge in [0.25, 0.3) is 0 Å². The standard InChI is InChI=1S/C21H18N2O3/c1-14-5-2-3-6-16(14)13-18-21(25)26-20(22-18)15-8-10-17(11-9-15)23-12-4-7-19(23)24/h2-3,5-6,8-11,13H,4,7,12H2,1H3/b18-13-. The van der Waals surface area contributed by atoms with E-state index in [0.29, 0.717) is 12.0 Å². The number of rotatable bonds is 3. The Morgan fingerprint density at radius 3 is 2.54 bits per heavy atom. The second-order valence-corrected chi connectivity index (χ2v) is 6.39. The van der Waals surface area contributed by atoms with Gasteiger partial charge in [0.05, 0.1) is 0 Å². The third-order valence-electron chi connectivity index (χ3n) is 4.60. The molecule has 1 saturated heterocycles. The van der Waals surface area contributed by atoms with Gasteiger partial charge in [0.15, 0.2) is 5.70 Å². The number of carbonyl (C=O) groups is 2. The average molecular weight is 346 g/mol. The first kappa shape index (κ1) is 16.3. The van der Waals surface area contributed by atoms with Gasteiger partial charge in [-0.05, 0) is 54.8 Å². The molecule has 5 heteroatoms. The van der Waals surface area contributed by atoms with Crippen molar-refractivity contribution in [3.8, 4) is 0 Å². The van der Waals surface area contributed by atoms with Crippen molar-refractivity contribution >= 4 is 29.5 Å². The molecule has 0 spiro atoms. The number of hydrogen-bond acceptors (Lipinski definition) is 4. The van der Waals surface area contributed by atoms with Crippen molar-refractivity contribution in [2.45, 2.75) is 19.8 Å². The summed E-state index contributed by atoms with van der Waals surface area (Å²) in [5.41, 5.74) is 3.86. The Balaban J connectivity index is 1.59. The Labute approximate surface area is 151 Å². The Hall–Kier alpha value is -3.21. The van der Waals surface area contributed by atoms with E-state index in [2.05, 4.69) is 4.99 Å². The predicted octanol–water partition coefficient (Wildman–Crippen LogP) is 3.47. The van der Waals surface area contributed by atoms with E-state index in [0.717, 1.165) is 29.8 Å². The molecular weight excluding hydrogens is 328 g/mol. The van der Waals surface area contributed by atoms with Crippen LogP contribution in [0.15, 0.2) is 59.2 Å². The predicted molar refractivity (Wildman–Crippen MR) is 99.8 cm³/mol. The Kier molecular flexibility index (Phi) is 4.13. The summed E-state index contributed by atoms with van der Waals surface area (Å²) < 4.78 is 5.32. The van der Waals surface area contributed by atoms with Crippen LogP contribution in [0.1, 0.15) is 29.5 Å². The van der Waals surface area contributed by atoms with E-state index in [4.69, 9.17) is 4.74 Å². The first-order valence-corrected chi connectivity index (χ1v) is 8.61. The smallest absolute Gasteiger partial charge is 0.363 e. The topological polar surface area (TPSA) is 59.0 Å². The maximum absolute atomic E-state index is 12.1. The second kappa shape index (κ2) is 6.59. The van der Waals surface area contributed by atoms with Crippen LogP contribution in [0.5, 0.6) is 0 Å². The van der Waals surface area contributed by atoms with Crippen LogP contribution in [0.3, 0.4) is 0 Å². The number of esters is 1. The van der Waals surface area contributed by atoms with Crippen LogP contribution in [0.4, 0.5) is 5.69 Å². The van der Waals surface area contributed by atoms with Gasteiger partial charge in [-0.3, -0.25) is 4.79 Å². The molecule has 0 N–H and O–H groups in total. The Morgan fingerprint density at radius 2 is 1.85 bits per heavy atom. The SMILES string of the molecule is Cc1ccccc1/C=C1\N=C(c2ccc(N3CCCC3=O)cc2)OC1=O. The van der Waals surface area contributed by atoms with Gasteiger partial charge in [0, 0.05) is 24.2 Å². The molecule has 0 saturated carbocycles. The molecule has 2 heterocycles. The molecule has 0 bridgehead atoms. The van der Waals surface area contributed by atoms with E-state index in [1.807, 2.05) is 55.5 Å². The van der Waals surface area contributed by atoms with Gasteiger partial charge in [-0.1, -0.05) is 24.3 Å². The lowest BCUT2D eigenvalue weighted by Crippen LogP contribution is -2.23. The monoisotopic (exact) mass is 346 g/mol. The number of amides is 1. The van der Waals surface area contributed by atoms with E-state index >= 15 is 0 Å². The fourth-order valence-corrected chi connectivity index (χ4v) is 3.13. The lowest BCUT2D eigenvalue weighted by Gasteiger charge is -2.15. The van der Waals surface area contributed by atoms with E-state index in [9.17, 15) is 9.59 Å². The van der Waals surface area contributed by atoms with Crippen molar-refractivity contribution in [2.24, 2.45) is 4.99 Å². The fourth-order valence-electron chi connectivity index (χ4n) is 3.13. The largest absolute Gasteiger partial charge is 0.402 e. The number of hydrogen-bond donors (Lipinski definition) is 0. The summed E-state index contributed by atoms with van der Waals surface area (Å²) in [5, 5.41) is 0. The maximum Gasteiger partial charge on any atom is 0.363 e. The zero-order chi connectivity index (χ0) is 18.1. The minimum absolute atomic E-state index is 0.144. The number of aryl methyl sites for hydroxylation is 1. The normalized spacial score (nSPS) is 18.4.